The first-order chi connectivity index (χ1) is 8.10. The van der Waals surface area contributed by atoms with Gasteiger partial charge < -0.3 is 4.90 Å². The first kappa shape index (κ1) is 13.9. The van der Waals surface area contributed by atoms with Crippen molar-refractivity contribution in [2.24, 2.45) is 0 Å². The zero-order chi connectivity index (χ0) is 12.8. The molecule has 0 atom stereocenters. The predicted molar refractivity (Wildman–Crippen MR) is 70.9 cm³/mol. The fourth-order valence-corrected chi connectivity index (χ4v) is 2.01. The van der Waals surface area contributed by atoms with Crippen molar-refractivity contribution in [2.45, 2.75) is 13.3 Å². The molecule has 1 aromatic rings. The van der Waals surface area contributed by atoms with Crippen LogP contribution in [0.4, 0.5) is 4.39 Å². The molecular weight excluding hydrogens is 334 g/mol. The molecule has 0 spiro atoms. The van der Waals surface area contributed by atoms with Crippen molar-refractivity contribution in [1.29, 1.82) is 5.26 Å². The highest BCUT2D eigenvalue weighted by molar-refractivity contribution is 14.1. The van der Waals surface area contributed by atoms with Crippen LogP contribution in [0.3, 0.4) is 0 Å². The van der Waals surface area contributed by atoms with Gasteiger partial charge in [0, 0.05) is 10.1 Å². The van der Waals surface area contributed by atoms with Crippen molar-refractivity contribution in [1.82, 2.24) is 4.90 Å². The van der Waals surface area contributed by atoms with Gasteiger partial charge in [0.05, 0.1) is 11.6 Å². The highest BCUT2D eigenvalue weighted by Gasteiger charge is 2.17. The molecule has 1 rings (SSSR count). The van der Waals surface area contributed by atoms with E-state index in [1.54, 1.807) is 6.07 Å². The van der Waals surface area contributed by atoms with E-state index in [-0.39, 0.29) is 12.5 Å². The van der Waals surface area contributed by atoms with Crippen LogP contribution >= 0.6 is 22.6 Å². The topological polar surface area (TPSA) is 44.1 Å². The first-order valence-electron chi connectivity index (χ1n) is 5.21. The number of amides is 1. The third-order valence-electron chi connectivity index (χ3n) is 2.20. The van der Waals surface area contributed by atoms with Crippen molar-refractivity contribution in [3.63, 3.8) is 0 Å². The van der Waals surface area contributed by atoms with Gasteiger partial charge in [-0.3, -0.25) is 4.79 Å². The minimum Gasteiger partial charge on any atom is -0.325 e. The third kappa shape index (κ3) is 3.66. The summed E-state index contributed by atoms with van der Waals surface area (Å²) in [6, 6.07) is 6.03. The van der Waals surface area contributed by atoms with Crippen LogP contribution < -0.4 is 0 Å². The SMILES string of the molecule is CCCN(CC#N)C(=O)c1cc(F)ccc1I. The van der Waals surface area contributed by atoms with Gasteiger partial charge in [-0.25, -0.2) is 4.39 Å². The summed E-state index contributed by atoms with van der Waals surface area (Å²) in [6.07, 6.45) is 0.763. The Balaban J connectivity index is 3.00. The Labute approximate surface area is 113 Å². The van der Waals surface area contributed by atoms with Crippen molar-refractivity contribution in [2.75, 3.05) is 13.1 Å². The van der Waals surface area contributed by atoms with Gasteiger partial charge in [0.15, 0.2) is 0 Å². The number of nitriles is 1. The maximum Gasteiger partial charge on any atom is 0.255 e. The standard InChI is InChI=1S/C12H12FIN2O/c1-2-6-16(7-5-15)12(17)10-8-9(13)3-4-11(10)14/h3-4,8H,2,6-7H2,1H3. The van der Waals surface area contributed by atoms with E-state index in [9.17, 15) is 9.18 Å². The molecule has 0 N–H and O–H groups in total. The van der Waals surface area contributed by atoms with Gasteiger partial charge in [-0.15, -0.1) is 0 Å². The van der Waals surface area contributed by atoms with Gasteiger partial charge in [-0.05, 0) is 47.2 Å². The summed E-state index contributed by atoms with van der Waals surface area (Å²) in [5.74, 6) is -0.737. The van der Waals surface area contributed by atoms with E-state index in [0.29, 0.717) is 15.7 Å². The Morgan fingerprint density at radius 1 is 1.59 bits per heavy atom. The normalized spacial score (nSPS) is 9.76. The monoisotopic (exact) mass is 346 g/mol. The molecule has 5 heteroatoms. The minimum atomic E-state index is -0.442. The number of hydrogen-bond acceptors (Lipinski definition) is 2. The maximum atomic E-state index is 13.1. The van der Waals surface area contributed by atoms with Crippen LogP contribution in [0, 0.1) is 20.7 Å². The largest absolute Gasteiger partial charge is 0.325 e. The average Bonchev–Trinajstić information content (AvgIpc) is 2.31. The summed E-state index contributed by atoms with van der Waals surface area (Å²) >= 11 is 1.99. The van der Waals surface area contributed by atoms with Crippen LogP contribution in [0.25, 0.3) is 0 Å². The Kier molecular flexibility index (Phi) is 5.35. The van der Waals surface area contributed by atoms with Crippen LogP contribution in [-0.2, 0) is 0 Å². The lowest BCUT2D eigenvalue weighted by Gasteiger charge is -2.19. The van der Waals surface area contributed by atoms with Crippen LogP contribution in [-0.4, -0.2) is 23.9 Å². The molecule has 1 amide bonds. The summed E-state index contributed by atoms with van der Waals surface area (Å²) in [5.41, 5.74) is 0.314. The molecule has 0 saturated carbocycles. The second-order valence-electron chi connectivity index (χ2n) is 3.51. The molecular formula is C12H12FIN2O. The first-order valence-corrected chi connectivity index (χ1v) is 6.29. The third-order valence-corrected chi connectivity index (χ3v) is 3.14. The molecule has 0 fully saturated rings. The van der Waals surface area contributed by atoms with E-state index in [2.05, 4.69) is 0 Å². The number of halogens is 2. The summed E-state index contributed by atoms with van der Waals surface area (Å²) in [7, 11) is 0. The molecule has 0 unspecified atom stereocenters. The molecule has 0 saturated heterocycles. The van der Waals surface area contributed by atoms with Crippen molar-refractivity contribution in [3.05, 3.63) is 33.1 Å². The summed E-state index contributed by atoms with van der Waals surface area (Å²) in [4.78, 5) is 13.5. The average molecular weight is 346 g/mol. The number of hydrogen-bond donors (Lipinski definition) is 0. The predicted octanol–water partition coefficient (Wildman–Crippen LogP) is 2.81. The van der Waals surface area contributed by atoms with Crippen LogP contribution in [0.15, 0.2) is 18.2 Å². The molecule has 0 aromatic heterocycles. The lowest BCUT2D eigenvalue weighted by atomic mass is 10.2. The summed E-state index contributed by atoms with van der Waals surface area (Å²) < 4.78 is 13.8. The van der Waals surface area contributed by atoms with Gasteiger partial charge >= 0.3 is 0 Å². The quantitative estimate of drug-likeness (QED) is 0.622. The van der Waals surface area contributed by atoms with Gasteiger partial charge in [-0.1, -0.05) is 6.92 Å². The fourth-order valence-electron chi connectivity index (χ4n) is 1.44. The lowest BCUT2D eigenvalue weighted by Crippen LogP contribution is -2.32. The Morgan fingerprint density at radius 3 is 2.88 bits per heavy atom. The highest BCUT2D eigenvalue weighted by Crippen LogP contribution is 2.16. The Morgan fingerprint density at radius 2 is 2.29 bits per heavy atom. The number of carbonyl (C=O) groups excluding carboxylic acids is 1. The number of carbonyl (C=O) groups is 1. The fraction of sp³-hybridized carbons (Fsp3) is 0.333. The van der Waals surface area contributed by atoms with E-state index >= 15 is 0 Å². The van der Waals surface area contributed by atoms with Crippen molar-refractivity contribution in [3.8, 4) is 6.07 Å². The van der Waals surface area contributed by atoms with E-state index < -0.39 is 5.82 Å². The van der Waals surface area contributed by atoms with Gasteiger partial charge in [0.2, 0.25) is 0 Å². The number of benzene rings is 1. The molecule has 1 aromatic carbocycles. The van der Waals surface area contributed by atoms with Crippen molar-refractivity contribution < 1.29 is 9.18 Å². The van der Waals surface area contributed by atoms with Gasteiger partial charge in [0.25, 0.3) is 5.91 Å². The van der Waals surface area contributed by atoms with Gasteiger partial charge in [-0.2, -0.15) is 5.26 Å². The van der Waals surface area contributed by atoms with Crippen LogP contribution in [0.2, 0.25) is 0 Å². The second kappa shape index (κ2) is 6.55. The van der Waals surface area contributed by atoms with E-state index in [0.717, 1.165) is 6.42 Å². The van der Waals surface area contributed by atoms with Gasteiger partial charge in [0.1, 0.15) is 12.4 Å². The lowest BCUT2D eigenvalue weighted by molar-refractivity contribution is 0.0774. The molecule has 0 heterocycles. The zero-order valence-electron chi connectivity index (χ0n) is 9.41. The molecule has 0 aliphatic heterocycles. The molecule has 3 nitrogen and oxygen atoms in total. The number of rotatable bonds is 4. The second-order valence-corrected chi connectivity index (χ2v) is 4.67. The smallest absolute Gasteiger partial charge is 0.255 e. The molecule has 0 bridgehead atoms. The molecule has 0 radical (unpaired) electrons. The Hall–Kier alpha value is -1.16. The number of nitrogens with zero attached hydrogens (tertiary/aromatic N) is 2. The zero-order valence-corrected chi connectivity index (χ0v) is 11.6. The molecule has 0 aliphatic rings. The maximum absolute atomic E-state index is 13.1. The van der Waals surface area contributed by atoms with E-state index in [4.69, 9.17) is 5.26 Å². The van der Waals surface area contributed by atoms with Crippen molar-refractivity contribution >= 4 is 28.5 Å². The minimum absolute atomic E-state index is 0.0271. The molecule has 17 heavy (non-hydrogen) atoms. The highest BCUT2D eigenvalue weighted by atomic mass is 127. The summed E-state index contributed by atoms with van der Waals surface area (Å²) in [6.45, 7) is 2.45. The van der Waals surface area contributed by atoms with Crippen LogP contribution in [0.1, 0.15) is 23.7 Å². The van der Waals surface area contributed by atoms with E-state index in [1.807, 2.05) is 35.6 Å². The molecule has 0 aliphatic carbocycles. The van der Waals surface area contributed by atoms with Crippen LogP contribution in [0.5, 0.6) is 0 Å². The summed E-state index contributed by atoms with van der Waals surface area (Å²) in [5, 5.41) is 8.66. The Bertz CT molecular complexity index is 456. The van der Waals surface area contributed by atoms with E-state index in [1.165, 1.54) is 17.0 Å². The molecule has 90 valence electrons.